The van der Waals surface area contributed by atoms with Gasteiger partial charge >= 0.3 is 0 Å². The molecular weight excluding hydrogens is 280 g/mol. The fourth-order valence-corrected chi connectivity index (χ4v) is 2.12. The largest absolute Gasteiger partial charge is 0.381 e. The van der Waals surface area contributed by atoms with E-state index in [9.17, 15) is 0 Å². The summed E-state index contributed by atoms with van der Waals surface area (Å²) in [4.78, 5) is 20.5. The summed E-state index contributed by atoms with van der Waals surface area (Å²) in [5, 5.41) is 3.46. The van der Waals surface area contributed by atoms with Gasteiger partial charge in [-0.2, -0.15) is 4.98 Å². The fourth-order valence-electron chi connectivity index (χ4n) is 1.97. The maximum atomic E-state index is 5.77. The molecule has 2 aromatic heterocycles. The van der Waals surface area contributed by atoms with Gasteiger partial charge in [0.05, 0.1) is 0 Å². The van der Waals surface area contributed by atoms with Crippen LogP contribution in [-0.4, -0.2) is 44.2 Å². The maximum absolute atomic E-state index is 5.77. The highest BCUT2D eigenvalue weighted by molar-refractivity contribution is 6.28. The average molecular weight is 293 g/mol. The van der Waals surface area contributed by atoms with Crippen molar-refractivity contribution in [3.63, 3.8) is 0 Å². The summed E-state index contributed by atoms with van der Waals surface area (Å²) in [6, 6.07) is 2.03. The summed E-state index contributed by atoms with van der Waals surface area (Å²) < 4.78 is 5.32. The van der Waals surface area contributed by atoms with Crippen LogP contribution < -0.4 is 5.32 Å². The van der Waals surface area contributed by atoms with Gasteiger partial charge in [-0.1, -0.05) is 0 Å². The lowest BCUT2D eigenvalue weighted by molar-refractivity contribution is 0.0903. The minimum absolute atomic E-state index is 0.168. The Morgan fingerprint density at radius 3 is 2.80 bits per heavy atom. The second kappa shape index (κ2) is 6.06. The number of hydrogen-bond acceptors (Lipinski definition) is 7. The molecule has 1 fully saturated rings. The molecule has 0 aromatic carbocycles. The van der Waals surface area contributed by atoms with Crippen molar-refractivity contribution in [2.45, 2.75) is 18.9 Å². The lowest BCUT2D eigenvalue weighted by atomic mass is 10.1. The Balaban J connectivity index is 1.78. The molecule has 8 heteroatoms. The van der Waals surface area contributed by atoms with Crippen molar-refractivity contribution in [3.05, 3.63) is 23.9 Å². The highest BCUT2D eigenvalue weighted by Crippen LogP contribution is 2.15. The molecule has 3 heterocycles. The number of anilines is 1. The van der Waals surface area contributed by atoms with E-state index >= 15 is 0 Å². The molecule has 0 saturated carbocycles. The molecule has 0 aliphatic carbocycles. The highest BCUT2D eigenvalue weighted by atomic mass is 35.5. The summed E-state index contributed by atoms with van der Waals surface area (Å²) >= 11 is 5.77. The van der Waals surface area contributed by atoms with Gasteiger partial charge in [-0.3, -0.25) is 0 Å². The standard InChI is InChI=1S/C12H13ClN6O/c13-11-14-4-1-9(18-11)10-15-7-16-12(19-10)17-8-2-5-20-6-3-8/h1,4,7-8H,2-3,5-6H2,(H,15,16,17,19). The third-order valence-corrected chi connectivity index (χ3v) is 3.16. The molecule has 3 rings (SSSR count). The van der Waals surface area contributed by atoms with Crippen LogP contribution in [0.2, 0.25) is 5.28 Å². The van der Waals surface area contributed by atoms with Crippen molar-refractivity contribution in [3.8, 4) is 11.5 Å². The average Bonchev–Trinajstić information content (AvgIpc) is 2.49. The molecule has 20 heavy (non-hydrogen) atoms. The van der Waals surface area contributed by atoms with Crippen molar-refractivity contribution in [2.24, 2.45) is 0 Å². The van der Waals surface area contributed by atoms with E-state index in [-0.39, 0.29) is 5.28 Å². The van der Waals surface area contributed by atoms with Gasteiger partial charge in [-0.15, -0.1) is 0 Å². The minimum Gasteiger partial charge on any atom is -0.381 e. The van der Waals surface area contributed by atoms with Crippen LogP contribution in [0.1, 0.15) is 12.8 Å². The predicted octanol–water partition coefficient (Wildman–Crippen LogP) is 1.57. The normalized spacial score (nSPS) is 16.1. The van der Waals surface area contributed by atoms with E-state index in [2.05, 4.69) is 30.2 Å². The molecule has 0 spiro atoms. The zero-order chi connectivity index (χ0) is 13.8. The van der Waals surface area contributed by atoms with Crippen molar-refractivity contribution >= 4 is 17.5 Å². The number of nitrogens with one attached hydrogen (secondary N) is 1. The van der Waals surface area contributed by atoms with Crippen LogP contribution in [0, 0.1) is 0 Å². The van der Waals surface area contributed by atoms with Crippen LogP contribution in [0.25, 0.3) is 11.5 Å². The van der Waals surface area contributed by atoms with Crippen LogP contribution in [0.3, 0.4) is 0 Å². The molecule has 7 nitrogen and oxygen atoms in total. The second-order valence-corrected chi connectivity index (χ2v) is 4.71. The van der Waals surface area contributed by atoms with E-state index in [4.69, 9.17) is 16.3 Å². The van der Waals surface area contributed by atoms with E-state index in [1.165, 1.54) is 6.33 Å². The van der Waals surface area contributed by atoms with Gasteiger partial charge in [0.1, 0.15) is 12.0 Å². The Morgan fingerprint density at radius 1 is 1.15 bits per heavy atom. The molecule has 0 atom stereocenters. The first-order valence-electron chi connectivity index (χ1n) is 6.33. The fraction of sp³-hybridized carbons (Fsp3) is 0.417. The predicted molar refractivity (Wildman–Crippen MR) is 73.3 cm³/mol. The monoisotopic (exact) mass is 292 g/mol. The number of ether oxygens (including phenoxy) is 1. The molecule has 1 aliphatic rings. The van der Waals surface area contributed by atoms with Crippen molar-refractivity contribution in [1.29, 1.82) is 0 Å². The number of aromatic nitrogens is 5. The topological polar surface area (TPSA) is 85.7 Å². The van der Waals surface area contributed by atoms with E-state index in [0.717, 1.165) is 26.1 Å². The summed E-state index contributed by atoms with van der Waals surface area (Å²) in [5.74, 6) is 1.01. The Labute approximate surface area is 120 Å². The Kier molecular flexibility index (Phi) is 3.98. The number of halogens is 1. The van der Waals surface area contributed by atoms with Crippen molar-refractivity contribution in [2.75, 3.05) is 18.5 Å². The number of hydrogen-bond donors (Lipinski definition) is 1. The SMILES string of the molecule is Clc1nccc(-c2ncnc(NC3CCOCC3)n2)n1. The molecule has 0 bridgehead atoms. The lowest BCUT2D eigenvalue weighted by Gasteiger charge is -2.22. The van der Waals surface area contributed by atoms with Crippen LogP contribution in [0.5, 0.6) is 0 Å². The van der Waals surface area contributed by atoms with E-state index < -0.39 is 0 Å². The van der Waals surface area contributed by atoms with Gasteiger partial charge in [-0.05, 0) is 30.5 Å². The molecule has 1 saturated heterocycles. The highest BCUT2D eigenvalue weighted by Gasteiger charge is 2.15. The molecule has 0 unspecified atom stereocenters. The molecule has 2 aromatic rings. The van der Waals surface area contributed by atoms with Gasteiger partial charge < -0.3 is 10.1 Å². The van der Waals surface area contributed by atoms with Gasteiger partial charge in [0.25, 0.3) is 0 Å². The lowest BCUT2D eigenvalue weighted by Crippen LogP contribution is -2.28. The van der Waals surface area contributed by atoms with Crippen LogP contribution in [0.4, 0.5) is 5.95 Å². The van der Waals surface area contributed by atoms with Crippen LogP contribution in [-0.2, 0) is 4.74 Å². The van der Waals surface area contributed by atoms with Gasteiger partial charge in [-0.25, -0.2) is 19.9 Å². The Morgan fingerprint density at radius 2 is 2.00 bits per heavy atom. The summed E-state index contributed by atoms with van der Waals surface area (Å²) in [5.41, 5.74) is 0.572. The summed E-state index contributed by atoms with van der Waals surface area (Å²) in [7, 11) is 0. The maximum Gasteiger partial charge on any atom is 0.226 e. The third kappa shape index (κ3) is 3.17. The first kappa shape index (κ1) is 13.1. The summed E-state index contributed by atoms with van der Waals surface area (Å²) in [6.45, 7) is 1.52. The molecule has 1 aliphatic heterocycles. The minimum atomic E-state index is 0.168. The molecule has 0 amide bonds. The number of nitrogens with zero attached hydrogens (tertiary/aromatic N) is 5. The second-order valence-electron chi connectivity index (χ2n) is 4.37. The molecule has 0 radical (unpaired) electrons. The zero-order valence-corrected chi connectivity index (χ0v) is 11.4. The Hall–Kier alpha value is -1.86. The van der Waals surface area contributed by atoms with Crippen molar-refractivity contribution in [1.82, 2.24) is 24.9 Å². The molecule has 104 valence electrons. The van der Waals surface area contributed by atoms with Gasteiger partial charge in [0.15, 0.2) is 5.82 Å². The quantitative estimate of drug-likeness (QED) is 0.859. The first-order valence-corrected chi connectivity index (χ1v) is 6.71. The van der Waals surface area contributed by atoms with E-state index in [0.29, 0.717) is 23.5 Å². The third-order valence-electron chi connectivity index (χ3n) is 2.98. The first-order chi connectivity index (χ1) is 9.81. The van der Waals surface area contributed by atoms with Crippen LogP contribution in [0.15, 0.2) is 18.6 Å². The zero-order valence-electron chi connectivity index (χ0n) is 10.7. The smallest absolute Gasteiger partial charge is 0.226 e. The van der Waals surface area contributed by atoms with E-state index in [1.807, 2.05) is 0 Å². The molecule has 1 N–H and O–H groups in total. The van der Waals surface area contributed by atoms with Crippen molar-refractivity contribution < 1.29 is 4.74 Å². The van der Waals surface area contributed by atoms with Crippen LogP contribution >= 0.6 is 11.6 Å². The van der Waals surface area contributed by atoms with E-state index in [1.54, 1.807) is 12.3 Å². The summed E-state index contributed by atoms with van der Waals surface area (Å²) in [6.07, 6.45) is 4.92. The Bertz CT molecular complexity index is 590. The molecular formula is C12H13ClN6O. The number of rotatable bonds is 3. The van der Waals surface area contributed by atoms with Gasteiger partial charge in [0, 0.05) is 25.5 Å². The van der Waals surface area contributed by atoms with Gasteiger partial charge in [0.2, 0.25) is 11.2 Å².